The Kier molecular flexibility index (Phi) is 7.39. The number of nitrogens with one attached hydrogen (secondary N) is 1. The Bertz CT molecular complexity index is 1440. The highest BCUT2D eigenvalue weighted by atomic mass is 79.9. The van der Waals surface area contributed by atoms with Gasteiger partial charge in [0.15, 0.2) is 11.0 Å². The maximum atomic E-state index is 12.7. The van der Waals surface area contributed by atoms with E-state index < -0.39 is 0 Å². The van der Waals surface area contributed by atoms with Crippen molar-refractivity contribution in [2.24, 2.45) is 0 Å². The van der Waals surface area contributed by atoms with Gasteiger partial charge in [0, 0.05) is 33.8 Å². The van der Waals surface area contributed by atoms with Crippen LogP contribution in [0.5, 0.6) is 11.5 Å². The van der Waals surface area contributed by atoms with Crippen LogP contribution in [0.4, 0.5) is 5.69 Å². The monoisotopic (exact) mass is 557 g/mol. The normalized spacial score (nSPS) is 10.7. The number of ether oxygens (including phenoxy) is 1. The fourth-order valence-electron chi connectivity index (χ4n) is 3.43. The zero-order valence-electron chi connectivity index (χ0n) is 18.9. The Morgan fingerprint density at radius 2 is 1.64 bits per heavy atom. The molecule has 0 aliphatic rings. The number of amides is 1. The van der Waals surface area contributed by atoms with Crippen LogP contribution >= 0.6 is 27.7 Å². The average Bonchev–Trinajstić information content (AvgIpc) is 3.34. The van der Waals surface area contributed by atoms with Gasteiger partial charge in [-0.3, -0.25) is 14.3 Å². The van der Waals surface area contributed by atoms with Crippen molar-refractivity contribution in [1.29, 1.82) is 0 Å². The zero-order valence-corrected chi connectivity index (χ0v) is 21.3. The molecule has 0 unspecified atom stereocenters. The van der Waals surface area contributed by atoms with Crippen molar-refractivity contribution in [3.63, 3.8) is 0 Å². The van der Waals surface area contributed by atoms with Gasteiger partial charge in [0.25, 0.3) is 0 Å². The lowest BCUT2D eigenvalue weighted by atomic mass is 10.2. The summed E-state index contributed by atoms with van der Waals surface area (Å²) < 4.78 is 8.70. The van der Waals surface area contributed by atoms with Gasteiger partial charge in [-0.1, -0.05) is 45.9 Å². The number of nitrogens with zero attached hydrogens (tertiary/aromatic N) is 4. The second kappa shape index (κ2) is 11.2. The molecule has 5 rings (SSSR count). The molecule has 36 heavy (non-hydrogen) atoms. The van der Waals surface area contributed by atoms with E-state index in [1.807, 2.05) is 95.6 Å². The second-order valence-electron chi connectivity index (χ2n) is 7.64. The fraction of sp³-hybridized carbons (Fsp3) is 0.0370. The van der Waals surface area contributed by atoms with Gasteiger partial charge in [-0.05, 0) is 72.8 Å². The first-order valence-corrected chi connectivity index (χ1v) is 12.8. The Balaban J connectivity index is 1.28. The molecule has 1 amide bonds. The van der Waals surface area contributed by atoms with Crippen molar-refractivity contribution in [2.45, 2.75) is 5.16 Å². The predicted molar refractivity (Wildman–Crippen MR) is 145 cm³/mol. The third kappa shape index (κ3) is 5.81. The molecule has 2 aromatic heterocycles. The minimum atomic E-state index is -0.148. The standard InChI is InChI=1S/C27H20BrN5O2S/c28-20-8-12-22(13-9-20)33-26(19-5-4-16-29-17-19)31-32-27(33)36-18-25(34)30-21-10-14-24(15-11-21)35-23-6-2-1-3-7-23/h1-17H,18H2,(H,30,34). The lowest BCUT2D eigenvalue weighted by Crippen LogP contribution is -2.14. The molecule has 1 N–H and O–H groups in total. The van der Waals surface area contributed by atoms with Crippen molar-refractivity contribution in [1.82, 2.24) is 19.7 Å². The highest BCUT2D eigenvalue weighted by Crippen LogP contribution is 2.29. The van der Waals surface area contributed by atoms with Crippen LogP contribution in [-0.4, -0.2) is 31.4 Å². The molecule has 0 saturated heterocycles. The molecular formula is C27H20BrN5O2S. The molecule has 178 valence electrons. The second-order valence-corrected chi connectivity index (χ2v) is 9.49. The molecule has 0 spiro atoms. The van der Waals surface area contributed by atoms with E-state index in [9.17, 15) is 4.79 Å². The van der Waals surface area contributed by atoms with E-state index in [0.717, 1.165) is 21.5 Å². The molecule has 5 aromatic rings. The summed E-state index contributed by atoms with van der Waals surface area (Å²) in [5.41, 5.74) is 2.41. The van der Waals surface area contributed by atoms with Gasteiger partial charge < -0.3 is 10.1 Å². The summed E-state index contributed by atoms with van der Waals surface area (Å²) >= 11 is 4.79. The van der Waals surface area contributed by atoms with Crippen molar-refractivity contribution >= 4 is 39.3 Å². The zero-order chi connectivity index (χ0) is 24.7. The topological polar surface area (TPSA) is 81.9 Å². The number of anilines is 1. The van der Waals surface area contributed by atoms with E-state index >= 15 is 0 Å². The Morgan fingerprint density at radius 3 is 2.36 bits per heavy atom. The van der Waals surface area contributed by atoms with Crippen LogP contribution in [0.25, 0.3) is 17.1 Å². The van der Waals surface area contributed by atoms with Crippen LogP contribution in [0.1, 0.15) is 0 Å². The summed E-state index contributed by atoms with van der Waals surface area (Å²) in [5, 5.41) is 12.3. The lowest BCUT2D eigenvalue weighted by Gasteiger charge is -2.11. The van der Waals surface area contributed by atoms with E-state index in [1.165, 1.54) is 11.8 Å². The molecule has 3 aromatic carbocycles. The summed E-state index contributed by atoms with van der Waals surface area (Å²) in [7, 11) is 0. The summed E-state index contributed by atoms with van der Waals surface area (Å²) in [5.74, 6) is 2.13. The van der Waals surface area contributed by atoms with Gasteiger partial charge in [0.05, 0.1) is 5.75 Å². The van der Waals surface area contributed by atoms with Crippen LogP contribution in [0, 0.1) is 0 Å². The molecule has 0 fully saturated rings. The molecule has 0 aliphatic carbocycles. The highest BCUT2D eigenvalue weighted by molar-refractivity contribution is 9.10. The Hall–Kier alpha value is -3.95. The van der Waals surface area contributed by atoms with Gasteiger partial charge >= 0.3 is 0 Å². The average molecular weight is 558 g/mol. The largest absolute Gasteiger partial charge is 0.457 e. The summed E-state index contributed by atoms with van der Waals surface area (Å²) in [6.07, 6.45) is 3.45. The molecule has 0 saturated carbocycles. The number of thioether (sulfide) groups is 1. The molecule has 0 bridgehead atoms. The maximum absolute atomic E-state index is 12.7. The number of halogens is 1. The first-order chi connectivity index (χ1) is 17.7. The molecular weight excluding hydrogens is 538 g/mol. The van der Waals surface area contributed by atoms with Gasteiger partial charge in [0.1, 0.15) is 11.5 Å². The number of para-hydroxylation sites is 1. The fourth-order valence-corrected chi connectivity index (χ4v) is 4.44. The molecule has 7 nitrogen and oxygen atoms in total. The van der Waals surface area contributed by atoms with Crippen LogP contribution in [0.2, 0.25) is 0 Å². The van der Waals surface area contributed by atoms with Crippen molar-refractivity contribution in [3.05, 3.63) is 108 Å². The highest BCUT2D eigenvalue weighted by Gasteiger charge is 2.17. The van der Waals surface area contributed by atoms with E-state index in [2.05, 4.69) is 36.4 Å². The molecule has 0 atom stereocenters. The predicted octanol–water partition coefficient (Wildman–Crippen LogP) is 6.61. The first kappa shape index (κ1) is 23.8. The third-order valence-corrected chi connectivity index (χ3v) is 6.54. The maximum Gasteiger partial charge on any atom is 0.234 e. The quantitative estimate of drug-likeness (QED) is 0.216. The number of hydrogen-bond donors (Lipinski definition) is 1. The third-order valence-electron chi connectivity index (χ3n) is 5.09. The van der Waals surface area contributed by atoms with Crippen LogP contribution in [0.15, 0.2) is 113 Å². The van der Waals surface area contributed by atoms with Crippen LogP contribution < -0.4 is 10.1 Å². The van der Waals surface area contributed by atoms with Gasteiger partial charge in [-0.25, -0.2) is 0 Å². The van der Waals surface area contributed by atoms with Crippen LogP contribution in [-0.2, 0) is 4.79 Å². The van der Waals surface area contributed by atoms with E-state index in [-0.39, 0.29) is 11.7 Å². The van der Waals surface area contributed by atoms with Crippen molar-refractivity contribution < 1.29 is 9.53 Å². The summed E-state index contributed by atoms with van der Waals surface area (Å²) in [6, 6.07) is 28.4. The van der Waals surface area contributed by atoms with Crippen LogP contribution in [0.3, 0.4) is 0 Å². The number of pyridine rings is 1. The van der Waals surface area contributed by atoms with E-state index in [0.29, 0.717) is 22.4 Å². The molecule has 2 heterocycles. The number of benzene rings is 3. The van der Waals surface area contributed by atoms with Crippen molar-refractivity contribution in [2.75, 3.05) is 11.1 Å². The SMILES string of the molecule is O=C(CSc1nnc(-c2cccnc2)n1-c1ccc(Br)cc1)Nc1ccc(Oc2ccccc2)cc1. The summed E-state index contributed by atoms with van der Waals surface area (Å²) in [6.45, 7) is 0. The minimum Gasteiger partial charge on any atom is -0.457 e. The van der Waals surface area contributed by atoms with E-state index in [1.54, 1.807) is 12.4 Å². The number of hydrogen-bond acceptors (Lipinski definition) is 6. The number of aromatic nitrogens is 4. The van der Waals surface area contributed by atoms with Gasteiger partial charge in [-0.15, -0.1) is 10.2 Å². The molecule has 9 heteroatoms. The number of carbonyl (C=O) groups is 1. The van der Waals surface area contributed by atoms with Gasteiger partial charge in [-0.2, -0.15) is 0 Å². The molecule has 0 aliphatic heterocycles. The Labute approximate surface area is 220 Å². The molecule has 0 radical (unpaired) electrons. The van der Waals surface area contributed by atoms with Gasteiger partial charge in [0.2, 0.25) is 5.91 Å². The minimum absolute atomic E-state index is 0.148. The van der Waals surface area contributed by atoms with E-state index in [4.69, 9.17) is 4.74 Å². The Morgan fingerprint density at radius 1 is 0.889 bits per heavy atom. The van der Waals surface area contributed by atoms with Crippen molar-refractivity contribution in [3.8, 4) is 28.6 Å². The number of rotatable bonds is 8. The summed E-state index contributed by atoms with van der Waals surface area (Å²) in [4.78, 5) is 16.9. The smallest absolute Gasteiger partial charge is 0.234 e. The first-order valence-electron chi connectivity index (χ1n) is 11.0. The lowest BCUT2D eigenvalue weighted by molar-refractivity contribution is -0.113. The number of carbonyl (C=O) groups excluding carboxylic acids is 1.